The number of carbonyl (C=O) groups excluding carboxylic acids is 1. The van der Waals surface area contributed by atoms with Crippen molar-refractivity contribution in [3.05, 3.63) is 11.6 Å². The summed E-state index contributed by atoms with van der Waals surface area (Å²) in [4.78, 5) is 21.0. The lowest BCUT2D eigenvalue weighted by Gasteiger charge is -1.99. The van der Waals surface area contributed by atoms with Crippen LogP contribution >= 0.6 is 0 Å². The topological polar surface area (TPSA) is 63.6 Å². The van der Waals surface area contributed by atoms with E-state index in [4.69, 9.17) is 5.11 Å². The highest BCUT2D eigenvalue weighted by molar-refractivity contribution is 6.13. The molecule has 4 heteroatoms. The van der Waals surface area contributed by atoms with Crippen LogP contribution in [0.1, 0.15) is 13.8 Å². The molecule has 0 radical (unpaired) electrons. The predicted molar refractivity (Wildman–Crippen MR) is 38.0 cm³/mol. The average molecular weight is 158 g/mol. The summed E-state index contributed by atoms with van der Waals surface area (Å²) in [6.07, 6.45) is 1.21. The van der Waals surface area contributed by atoms with E-state index >= 15 is 0 Å². The number of carbonyl (C=O) groups is 2. The summed E-state index contributed by atoms with van der Waals surface area (Å²) in [5.41, 5.74) is -0.327. The highest BCUT2D eigenvalue weighted by Crippen LogP contribution is 1.97. The largest absolute Gasteiger partial charge is 0.477 e. The Bertz CT molecular complexity index is 193. The van der Waals surface area contributed by atoms with Crippen LogP contribution in [0.25, 0.3) is 0 Å². The Hall–Kier alpha value is -1.32. The van der Waals surface area contributed by atoms with E-state index in [-0.39, 0.29) is 12.2 Å². The molecule has 0 fully saturated rings. The molecule has 0 aromatic heterocycles. The van der Waals surface area contributed by atoms with Crippen molar-refractivity contribution in [1.29, 1.82) is 0 Å². The zero-order valence-electron chi connectivity index (χ0n) is 6.46. The molecule has 0 rings (SSSR count). The lowest BCUT2D eigenvalue weighted by atomic mass is 10.2. The number of aliphatic carboxylic acids is 1. The van der Waals surface area contributed by atoms with E-state index in [2.05, 4.69) is 4.74 Å². The zero-order valence-corrected chi connectivity index (χ0v) is 6.46. The Balaban J connectivity index is 4.29. The molecular weight excluding hydrogens is 148 g/mol. The second-order valence-electron chi connectivity index (χ2n) is 1.73. The minimum Gasteiger partial charge on any atom is -0.477 e. The molecule has 0 aliphatic heterocycles. The van der Waals surface area contributed by atoms with Gasteiger partial charge in [-0.2, -0.15) is 0 Å². The van der Waals surface area contributed by atoms with Gasteiger partial charge in [0.15, 0.2) is 0 Å². The van der Waals surface area contributed by atoms with Crippen molar-refractivity contribution in [2.45, 2.75) is 13.8 Å². The van der Waals surface area contributed by atoms with Gasteiger partial charge in [-0.1, -0.05) is 6.08 Å². The number of esters is 1. The van der Waals surface area contributed by atoms with Crippen LogP contribution in [0.3, 0.4) is 0 Å². The second kappa shape index (κ2) is 4.49. The highest BCUT2D eigenvalue weighted by Gasteiger charge is 2.16. The minimum absolute atomic E-state index is 0.184. The normalized spacial score (nSPS) is 10.9. The van der Waals surface area contributed by atoms with E-state index in [1.54, 1.807) is 6.92 Å². The first kappa shape index (κ1) is 9.68. The number of carboxylic acid groups (broad SMARTS) is 1. The summed E-state index contributed by atoms with van der Waals surface area (Å²) in [5, 5.41) is 8.40. The Labute approximate surface area is 64.5 Å². The van der Waals surface area contributed by atoms with Gasteiger partial charge in [0.2, 0.25) is 0 Å². The van der Waals surface area contributed by atoms with Gasteiger partial charge in [0, 0.05) is 0 Å². The van der Waals surface area contributed by atoms with Crippen LogP contribution in [0.5, 0.6) is 0 Å². The van der Waals surface area contributed by atoms with Crippen LogP contribution < -0.4 is 0 Å². The molecule has 4 nitrogen and oxygen atoms in total. The van der Waals surface area contributed by atoms with Crippen molar-refractivity contribution in [1.82, 2.24) is 0 Å². The maximum Gasteiger partial charge on any atom is 0.345 e. The van der Waals surface area contributed by atoms with Crippen molar-refractivity contribution < 1.29 is 19.4 Å². The Morgan fingerprint density at radius 2 is 2.09 bits per heavy atom. The van der Waals surface area contributed by atoms with E-state index in [9.17, 15) is 9.59 Å². The SMILES string of the molecule is C/C=C(\C(=O)O)C(=O)OCC. The lowest BCUT2D eigenvalue weighted by Crippen LogP contribution is -2.14. The third-order valence-electron chi connectivity index (χ3n) is 1.01. The summed E-state index contributed by atoms with van der Waals surface area (Å²) >= 11 is 0. The third-order valence-corrected chi connectivity index (χ3v) is 1.01. The number of carboxylic acids is 1. The molecule has 0 aliphatic rings. The van der Waals surface area contributed by atoms with Gasteiger partial charge in [0.25, 0.3) is 0 Å². The Morgan fingerprint density at radius 1 is 1.55 bits per heavy atom. The minimum atomic E-state index is -1.26. The van der Waals surface area contributed by atoms with Crippen molar-refractivity contribution in [2.75, 3.05) is 6.61 Å². The molecule has 0 bridgehead atoms. The molecule has 0 aromatic rings. The van der Waals surface area contributed by atoms with Gasteiger partial charge >= 0.3 is 11.9 Å². The van der Waals surface area contributed by atoms with E-state index in [1.165, 1.54) is 13.0 Å². The second-order valence-corrected chi connectivity index (χ2v) is 1.73. The van der Waals surface area contributed by atoms with Crippen LogP contribution in [-0.4, -0.2) is 23.7 Å². The van der Waals surface area contributed by atoms with Crippen molar-refractivity contribution in [3.63, 3.8) is 0 Å². The number of allylic oxidation sites excluding steroid dienone is 1. The fourth-order valence-corrected chi connectivity index (χ4v) is 0.537. The number of rotatable bonds is 3. The van der Waals surface area contributed by atoms with Gasteiger partial charge < -0.3 is 9.84 Å². The molecule has 1 N–H and O–H groups in total. The molecule has 0 amide bonds. The summed E-state index contributed by atoms with van der Waals surface area (Å²) in [6.45, 7) is 3.27. The van der Waals surface area contributed by atoms with Gasteiger partial charge in [-0.05, 0) is 13.8 Å². The number of ether oxygens (including phenoxy) is 1. The predicted octanol–water partition coefficient (Wildman–Crippen LogP) is 0.580. The summed E-state index contributed by atoms with van der Waals surface area (Å²) < 4.78 is 4.47. The maximum atomic E-state index is 10.7. The highest BCUT2D eigenvalue weighted by atomic mass is 16.5. The molecular formula is C7H10O4. The standard InChI is InChI=1S/C7H10O4/c1-3-5(6(8)9)7(10)11-4-2/h3H,4H2,1-2H3,(H,8,9)/b5-3+. The first-order valence-electron chi connectivity index (χ1n) is 3.20. The number of hydrogen-bond acceptors (Lipinski definition) is 3. The third kappa shape index (κ3) is 2.84. The molecule has 0 heterocycles. The van der Waals surface area contributed by atoms with E-state index in [1.807, 2.05) is 0 Å². The van der Waals surface area contributed by atoms with Crippen molar-refractivity contribution in [3.8, 4) is 0 Å². The van der Waals surface area contributed by atoms with Gasteiger partial charge in [0.1, 0.15) is 5.57 Å². The first-order chi connectivity index (χ1) is 5.13. The van der Waals surface area contributed by atoms with Crippen LogP contribution in [0, 0.1) is 0 Å². The molecule has 0 spiro atoms. The number of hydrogen-bond donors (Lipinski definition) is 1. The van der Waals surface area contributed by atoms with Gasteiger partial charge in [-0.15, -0.1) is 0 Å². The molecule has 0 unspecified atom stereocenters. The average Bonchev–Trinajstić information content (AvgIpc) is 1.88. The van der Waals surface area contributed by atoms with Crippen LogP contribution in [0.4, 0.5) is 0 Å². The van der Waals surface area contributed by atoms with Crippen molar-refractivity contribution in [2.24, 2.45) is 0 Å². The molecule has 0 saturated heterocycles. The van der Waals surface area contributed by atoms with Crippen LogP contribution in [0.15, 0.2) is 11.6 Å². The fourth-order valence-electron chi connectivity index (χ4n) is 0.537. The Kier molecular flexibility index (Phi) is 3.95. The zero-order chi connectivity index (χ0) is 8.85. The van der Waals surface area contributed by atoms with Crippen LogP contribution in [0.2, 0.25) is 0 Å². The fraction of sp³-hybridized carbons (Fsp3) is 0.429. The van der Waals surface area contributed by atoms with Gasteiger partial charge in [-0.25, -0.2) is 9.59 Å². The molecule has 0 atom stereocenters. The van der Waals surface area contributed by atoms with E-state index < -0.39 is 11.9 Å². The molecule has 0 saturated carbocycles. The summed E-state index contributed by atoms with van der Waals surface area (Å²) in [7, 11) is 0. The molecule has 11 heavy (non-hydrogen) atoms. The molecule has 0 aromatic carbocycles. The van der Waals surface area contributed by atoms with Crippen LogP contribution in [-0.2, 0) is 14.3 Å². The molecule has 62 valence electrons. The van der Waals surface area contributed by atoms with Gasteiger partial charge in [0.05, 0.1) is 6.61 Å². The van der Waals surface area contributed by atoms with E-state index in [0.717, 1.165) is 0 Å². The smallest absolute Gasteiger partial charge is 0.345 e. The summed E-state index contributed by atoms with van der Waals surface area (Å²) in [5.74, 6) is -2.05. The lowest BCUT2D eigenvalue weighted by molar-refractivity contribution is -0.143. The van der Waals surface area contributed by atoms with E-state index in [0.29, 0.717) is 0 Å². The maximum absolute atomic E-state index is 10.7. The van der Waals surface area contributed by atoms with Gasteiger partial charge in [-0.3, -0.25) is 0 Å². The summed E-state index contributed by atoms with van der Waals surface area (Å²) in [6, 6.07) is 0. The van der Waals surface area contributed by atoms with Crippen molar-refractivity contribution >= 4 is 11.9 Å². The quantitative estimate of drug-likeness (QED) is 0.282. The first-order valence-corrected chi connectivity index (χ1v) is 3.20. The molecule has 0 aliphatic carbocycles. The monoisotopic (exact) mass is 158 g/mol. The Morgan fingerprint density at radius 3 is 2.36 bits per heavy atom.